The summed E-state index contributed by atoms with van der Waals surface area (Å²) in [6.07, 6.45) is 1.03. The molecule has 18 heavy (non-hydrogen) atoms. The summed E-state index contributed by atoms with van der Waals surface area (Å²) in [6.45, 7) is 0. The number of nitrogens with two attached hydrogens (primary N) is 1. The second kappa shape index (κ2) is 5.54. The van der Waals surface area contributed by atoms with Gasteiger partial charge >= 0.3 is 5.97 Å². The molecule has 1 heterocycles. The van der Waals surface area contributed by atoms with Crippen LogP contribution in [-0.4, -0.2) is 33.5 Å². The molecule has 1 aromatic rings. The molecule has 8 heteroatoms. The van der Waals surface area contributed by atoms with Crippen LogP contribution in [-0.2, 0) is 16.6 Å². The minimum Gasteiger partial charge on any atom is -0.480 e. The van der Waals surface area contributed by atoms with Crippen LogP contribution < -0.4 is 11.1 Å². The van der Waals surface area contributed by atoms with Crippen LogP contribution in [0.2, 0.25) is 5.02 Å². The quantitative estimate of drug-likeness (QED) is 0.685. The predicted molar refractivity (Wildman–Crippen MR) is 63.1 cm³/mol. The van der Waals surface area contributed by atoms with Gasteiger partial charge in [0.2, 0.25) is 5.91 Å². The molecule has 2 amide bonds. The summed E-state index contributed by atoms with van der Waals surface area (Å²) in [5.74, 6) is -2.78. The average molecular weight is 274 g/mol. The minimum atomic E-state index is -1.36. The van der Waals surface area contributed by atoms with Gasteiger partial charge in [-0.05, 0) is 6.07 Å². The second-order valence-corrected chi connectivity index (χ2v) is 4.13. The molecule has 98 valence electrons. The second-order valence-electron chi connectivity index (χ2n) is 3.69. The number of aliphatic carboxylic acids is 1. The molecule has 1 atom stereocenters. The van der Waals surface area contributed by atoms with Crippen LogP contribution in [0, 0.1) is 0 Å². The number of halogens is 1. The topological polar surface area (TPSA) is 114 Å². The number of carboxylic acids is 1. The van der Waals surface area contributed by atoms with Crippen molar-refractivity contribution < 1.29 is 19.5 Å². The zero-order valence-electron chi connectivity index (χ0n) is 9.51. The standard InChI is InChI=1S/C10H12ClN3O4/c1-14-4-5(11)2-7(14)9(16)13-6(10(17)18)3-8(12)15/h2,4,6H,3H2,1H3,(H2,12,15)(H,13,16)(H,17,18)/t6-/m1/s1. The SMILES string of the molecule is Cn1cc(Cl)cc1C(=O)N[C@H](CC(N)=O)C(=O)O. The summed E-state index contributed by atoms with van der Waals surface area (Å²) in [5, 5.41) is 11.4. The summed E-state index contributed by atoms with van der Waals surface area (Å²) < 4.78 is 1.45. The Morgan fingerprint density at radius 2 is 2.17 bits per heavy atom. The Hall–Kier alpha value is -2.02. The number of hydrogen-bond acceptors (Lipinski definition) is 3. The fourth-order valence-corrected chi connectivity index (χ4v) is 1.63. The maximum atomic E-state index is 11.8. The first-order chi connectivity index (χ1) is 8.31. The van der Waals surface area contributed by atoms with Crippen molar-refractivity contribution in [2.45, 2.75) is 12.5 Å². The van der Waals surface area contributed by atoms with Crippen molar-refractivity contribution in [3.63, 3.8) is 0 Å². The first-order valence-electron chi connectivity index (χ1n) is 4.95. The van der Waals surface area contributed by atoms with E-state index in [1.807, 2.05) is 0 Å². The van der Waals surface area contributed by atoms with E-state index in [1.165, 1.54) is 16.8 Å². The summed E-state index contributed by atoms with van der Waals surface area (Å²) >= 11 is 5.70. The minimum absolute atomic E-state index is 0.190. The Balaban J connectivity index is 2.81. The van der Waals surface area contributed by atoms with Gasteiger partial charge in [-0.25, -0.2) is 4.79 Å². The normalized spacial score (nSPS) is 11.9. The van der Waals surface area contributed by atoms with E-state index in [0.29, 0.717) is 5.02 Å². The van der Waals surface area contributed by atoms with Crippen LogP contribution >= 0.6 is 11.6 Å². The predicted octanol–water partition coefficient (Wildman–Crippen LogP) is -0.263. The van der Waals surface area contributed by atoms with Crippen molar-refractivity contribution in [1.29, 1.82) is 0 Å². The molecule has 0 aliphatic heterocycles. The van der Waals surface area contributed by atoms with Gasteiger partial charge in [-0.2, -0.15) is 0 Å². The fraction of sp³-hybridized carbons (Fsp3) is 0.300. The van der Waals surface area contributed by atoms with Gasteiger partial charge in [-0.3, -0.25) is 9.59 Å². The van der Waals surface area contributed by atoms with Crippen molar-refractivity contribution in [1.82, 2.24) is 9.88 Å². The number of primary amides is 1. The number of carboxylic acid groups (broad SMARTS) is 1. The molecular weight excluding hydrogens is 262 g/mol. The van der Waals surface area contributed by atoms with E-state index in [4.69, 9.17) is 22.4 Å². The highest BCUT2D eigenvalue weighted by Crippen LogP contribution is 2.12. The van der Waals surface area contributed by atoms with Crippen molar-refractivity contribution >= 4 is 29.4 Å². The molecular formula is C10H12ClN3O4. The lowest BCUT2D eigenvalue weighted by atomic mass is 10.2. The van der Waals surface area contributed by atoms with E-state index in [-0.39, 0.29) is 5.69 Å². The number of nitrogens with zero attached hydrogens (tertiary/aromatic N) is 1. The molecule has 0 aliphatic carbocycles. The van der Waals surface area contributed by atoms with Gasteiger partial charge in [-0.15, -0.1) is 0 Å². The van der Waals surface area contributed by atoms with Crippen LogP contribution in [0.3, 0.4) is 0 Å². The molecule has 0 spiro atoms. The summed E-state index contributed by atoms with van der Waals surface area (Å²) in [5.41, 5.74) is 5.09. The van der Waals surface area contributed by atoms with Gasteiger partial charge in [0.15, 0.2) is 0 Å². The molecule has 4 N–H and O–H groups in total. The third-order valence-corrected chi connectivity index (χ3v) is 2.42. The maximum Gasteiger partial charge on any atom is 0.326 e. The summed E-state index contributed by atoms with van der Waals surface area (Å²) in [6, 6.07) is 0.0312. The number of aryl methyl sites for hydroxylation is 1. The number of carbonyl (C=O) groups is 3. The van der Waals surface area contributed by atoms with Gasteiger partial charge in [0.25, 0.3) is 5.91 Å². The highest BCUT2D eigenvalue weighted by atomic mass is 35.5. The number of rotatable bonds is 5. The number of aromatic nitrogens is 1. The number of amides is 2. The zero-order chi connectivity index (χ0) is 13.9. The van der Waals surface area contributed by atoms with Crippen LogP contribution in [0.4, 0.5) is 0 Å². The fourth-order valence-electron chi connectivity index (χ4n) is 1.38. The number of nitrogens with one attached hydrogen (secondary N) is 1. The van der Waals surface area contributed by atoms with Crippen LogP contribution in [0.15, 0.2) is 12.3 Å². The largest absolute Gasteiger partial charge is 0.480 e. The lowest BCUT2D eigenvalue weighted by molar-refractivity contribution is -0.140. The van der Waals surface area contributed by atoms with E-state index in [9.17, 15) is 14.4 Å². The van der Waals surface area contributed by atoms with Crippen molar-refractivity contribution in [2.75, 3.05) is 0 Å². The number of hydrogen-bond donors (Lipinski definition) is 3. The van der Waals surface area contributed by atoms with Gasteiger partial charge in [0, 0.05) is 13.2 Å². The molecule has 0 saturated heterocycles. The molecule has 0 fully saturated rings. The lowest BCUT2D eigenvalue weighted by Crippen LogP contribution is -2.43. The Morgan fingerprint density at radius 3 is 2.56 bits per heavy atom. The third kappa shape index (κ3) is 3.49. The monoisotopic (exact) mass is 273 g/mol. The van der Waals surface area contributed by atoms with Crippen LogP contribution in [0.1, 0.15) is 16.9 Å². The van der Waals surface area contributed by atoms with Gasteiger partial charge in [0.1, 0.15) is 11.7 Å². The van der Waals surface area contributed by atoms with Crippen LogP contribution in [0.5, 0.6) is 0 Å². The molecule has 1 rings (SSSR count). The Bertz CT molecular complexity index is 497. The van der Waals surface area contributed by atoms with Crippen LogP contribution in [0.25, 0.3) is 0 Å². The molecule has 0 bridgehead atoms. The van der Waals surface area contributed by atoms with E-state index in [1.54, 1.807) is 7.05 Å². The molecule has 0 radical (unpaired) electrons. The van der Waals surface area contributed by atoms with Crippen molar-refractivity contribution in [3.05, 3.63) is 23.0 Å². The zero-order valence-corrected chi connectivity index (χ0v) is 10.3. The number of carbonyl (C=O) groups excluding carboxylic acids is 2. The summed E-state index contributed by atoms with van der Waals surface area (Å²) in [7, 11) is 1.59. The lowest BCUT2D eigenvalue weighted by Gasteiger charge is -2.12. The highest BCUT2D eigenvalue weighted by molar-refractivity contribution is 6.31. The first-order valence-corrected chi connectivity index (χ1v) is 5.33. The molecule has 1 aromatic heterocycles. The third-order valence-electron chi connectivity index (χ3n) is 2.21. The highest BCUT2D eigenvalue weighted by Gasteiger charge is 2.23. The smallest absolute Gasteiger partial charge is 0.326 e. The van der Waals surface area contributed by atoms with Crippen molar-refractivity contribution in [2.24, 2.45) is 12.8 Å². The Kier molecular flexibility index (Phi) is 4.33. The molecule has 0 aromatic carbocycles. The van der Waals surface area contributed by atoms with E-state index < -0.39 is 30.2 Å². The van der Waals surface area contributed by atoms with E-state index in [2.05, 4.69) is 5.32 Å². The Labute approximate surface area is 108 Å². The maximum absolute atomic E-state index is 11.8. The first kappa shape index (κ1) is 14.0. The van der Waals surface area contributed by atoms with Crippen molar-refractivity contribution in [3.8, 4) is 0 Å². The molecule has 0 aliphatic rings. The van der Waals surface area contributed by atoms with E-state index >= 15 is 0 Å². The van der Waals surface area contributed by atoms with E-state index in [0.717, 1.165) is 0 Å². The Morgan fingerprint density at radius 1 is 1.56 bits per heavy atom. The van der Waals surface area contributed by atoms with Gasteiger partial charge in [-0.1, -0.05) is 11.6 Å². The molecule has 0 unspecified atom stereocenters. The molecule has 7 nitrogen and oxygen atoms in total. The summed E-state index contributed by atoms with van der Waals surface area (Å²) in [4.78, 5) is 33.3. The average Bonchev–Trinajstić information content (AvgIpc) is 2.56. The molecule has 0 saturated carbocycles. The van der Waals surface area contributed by atoms with Gasteiger partial charge < -0.3 is 20.7 Å². The van der Waals surface area contributed by atoms with Gasteiger partial charge in [0.05, 0.1) is 11.4 Å².